The number of hydrogen-bond donors (Lipinski definition) is 1. The molecule has 5 rings (SSSR count). The first-order valence-electron chi connectivity index (χ1n) is 10.4. The highest BCUT2D eigenvalue weighted by Gasteiger charge is 2.29. The number of aromatic nitrogens is 2. The summed E-state index contributed by atoms with van der Waals surface area (Å²) >= 11 is 1.32. The minimum atomic E-state index is -3.72. The molecule has 0 aliphatic carbocycles. The molecule has 0 spiro atoms. The van der Waals surface area contributed by atoms with Crippen molar-refractivity contribution < 1.29 is 13.2 Å². The van der Waals surface area contributed by atoms with E-state index in [4.69, 9.17) is 0 Å². The predicted octanol–water partition coefficient (Wildman–Crippen LogP) is 4.60. The van der Waals surface area contributed by atoms with E-state index in [-0.39, 0.29) is 10.8 Å². The SMILES string of the molecule is O=C(Nc1nc(-c2ccncc2)cs1)c1ccc(S(=O)(=O)N2CCCc3ccccc32)cc1. The number of para-hydroxylation sites is 1. The molecule has 1 aliphatic rings. The van der Waals surface area contributed by atoms with Gasteiger partial charge in [-0.15, -0.1) is 11.3 Å². The van der Waals surface area contributed by atoms with Crippen LogP contribution in [0.2, 0.25) is 0 Å². The van der Waals surface area contributed by atoms with Gasteiger partial charge in [-0.3, -0.25) is 19.4 Å². The summed E-state index contributed by atoms with van der Waals surface area (Å²) in [6.07, 6.45) is 5.00. The number of carbonyl (C=O) groups is 1. The van der Waals surface area contributed by atoms with Gasteiger partial charge in [-0.05, 0) is 60.9 Å². The molecular weight excluding hydrogens is 456 g/mol. The molecule has 3 heterocycles. The largest absolute Gasteiger partial charge is 0.298 e. The standard InChI is InChI=1S/C24H20N4O3S2/c29-23(27-24-26-21(16-32-24)17-11-13-25-14-12-17)19-7-9-20(10-8-19)33(30,31)28-15-3-5-18-4-1-2-6-22(18)28/h1-2,4,6-14,16H,3,5,15H2,(H,26,27,29). The zero-order valence-corrected chi connectivity index (χ0v) is 19.1. The van der Waals surface area contributed by atoms with Crippen LogP contribution in [0.1, 0.15) is 22.3 Å². The Morgan fingerprint density at radius 3 is 2.55 bits per heavy atom. The second-order valence-electron chi connectivity index (χ2n) is 7.56. The molecule has 0 fully saturated rings. The van der Waals surface area contributed by atoms with Gasteiger partial charge in [0.05, 0.1) is 16.3 Å². The van der Waals surface area contributed by atoms with E-state index in [9.17, 15) is 13.2 Å². The third kappa shape index (κ3) is 4.24. The highest BCUT2D eigenvalue weighted by Crippen LogP contribution is 2.32. The van der Waals surface area contributed by atoms with Crippen LogP contribution in [0.15, 0.2) is 83.3 Å². The molecule has 4 aromatic rings. The summed E-state index contributed by atoms with van der Waals surface area (Å²) in [5.74, 6) is -0.349. The molecule has 7 nitrogen and oxygen atoms in total. The van der Waals surface area contributed by atoms with Gasteiger partial charge in [-0.2, -0.15) is 0 Å². The zero-order valence-electron chi connectivity index (χ0n) is 17.5. The maximum Gasteiger partial charge on any atom is 0.264 e. The van der Waals surface area contributed by atoms with Gasteiger partial charge in [-0.1, -0.05) is 18.2 Å². The first kappa shape index (κ1) is 21.3. The summed E-state index contributed by atoms with van der Waals surface area (Å²) < 4.78 is 28.0. The minimum Gasteiger partial charge on any atom is -0.298 e. The van der Waals surface area contributed by atoms with Crippen LogP contribution in [-0.4, -0.2) is 30.8 Å². The van der Waals surface area contributed by atoms with Crippen molar-refractivity contribution in [2.45, 2.75) is 17.7 Å². The van der Waals surface area contributed by atoms with Crippen LogP contribution < -0.4 is 9.62 Å². The fraction of sp³-hybridized carbons (Fsp3) is 0.125. The molecule has 166 valence electrons. The predicted molar refractivity (Wildman–Crippen MR) is 129 cm³/mol. The number of aryl methyl sites for hydroxylation is 1. The molecule has 1 aliphatic heterocycles. The van der Waals surface area contributed by atoms with Crippen LogP contribution in [0.4, 0.5) is 10.8 Å². The molecule has 2 aromatic heterocycles. The van der Waals surface area contributed by atoms with E-state index < -0.39 is 10.0 Å². The molecule has 33 heavy (non-hydrogen) atoms. The average Bonchev–Trinajstić information content (AvgIpc) is 3.33. The second kappa shape index (κ2) is 8.76. The van der Waals surface area contributed by atoms with Gasteiger partial charge < -0.3 is 0 Å². The van der Waals surface area contributed by atoms with Crippen LogP contribution in [0.3, 0.4) is 0 Å². The van der Waals surface area contributed by atoms with Gasteiger partial charge in [0.15, 0.2) is 5.13 Å². The van der Waals surface area contributed by atoms with E-state index in [1.54, 1.807) is 12.4 Å². The minimum absolute atomic E-state index is 0.157. The molecule has 0 bridgehead atoms. The van der Waals surface area contributed by atoms with E-state index in [2.05, 4.69) is 15.3 Å². The fourth-order valence-electron chi connectivity index (χ4n) is 3.81. The molecule has 0 unspecified atom stereocenters. The topological polar surface area (TPSA) is 92.3 Å². The summed E-state index contributed by atoms with van der Waals surface area (Å²) in [4.78, 5) is 21.3. The lowest BCUT2D eigenvalue weighted by Gasteiger charge is -2.30. The first-order valence-corrected chi connectivity index (χ1v) is 12.7. The maximum atomic E-state index is 13.3. The Kier molecular flexibility index (Phi) is 5.65. The van der Waals surface area contributed by atoms with Gasteiger partial charge in [0.25, 0.3) is 15.9 Å². The molecule has 9 heteroatoms. The zero-order chi connectivity index (χ0) is 22.8. The highest BCUT2D eigenvalue weighted by molar-refractivity contribution is 7.92. The molecule has 0 saturated carbocycles. The van der Waals surface area contributed by atoms with Crippen molar-refractivity contribution in [2.24, 2.45) is 0 Å². The Hall–Kier alpha value is -3.56. The van der Waals surface area contributed by atoms with E-state index in [0.717, 1.165) is 35.3 Å². The summed E-state index contributed by atoms with van der Waals surface area (Å²) in [7, 11) is -3.72. The molecule has 1 amide bonds. The molecule has 0 atom stereocenters. The Bertz CT molecular complexity index is 1400. The number of amides is 1. The Morgan fingerprint density at radius 1 is 1.00 bits per heavy atom. The highest BCUT2D eigenvalue weighted by atomic mass is 32.2. The number of benzene rings is 2. The smallest absolute Gasteiger partial charge is 0.264 e. The van der Waals surface area contributed by atoms with Crippen LogP contribution >= 0.6 is 11.3 Å². The van der Waals surface area contributed by atoms with Crippen LogP contribution in [0.25, 0.3) is 11.3 Å². The number of pyridine rings is 1. The lowest BCUT2D eigenvalue weighted by molar-refractivity contribution is 0.102. The average molecular weight is 477 g/mol. The summed E-state index contributed by atoms with van der Waals surface area (Å²) in [6, 6.07) is 17.3. The number of sulfonamides is 1. The fourth-order valence-corrected chi connectivity index (χ4v) is 6.07. The van der Waals surface area contributed by atoms with Crippen molar-refractivity contribution in [1.29, 1.82) is 0 Å². The molecule has 2 aromatic carbocycles. The van der Waals surface area contributed by atoms with Gasteiger partial charge in [0.1, 0.15) is 0 Å². The summed E-state index contributed by atoms with van der Waals surface area (Å²) in [6.45, 7) is 0.436. The quantitative estimate of drug-likeness (QED) is 0.455. The number of fused-ring (bicyclic) bond motifs is 1. The van der Waals surface area contributed by atoms with Crippen LogP contribution in [-0.2, 0) is 16.4 Å². The molecule has 1 N–H and O–H groups in total. The maximum absolute atomic E-state index is 13.3. The van der Waals surface area contributed by atoms with Crippen molar-refractivity contribution in [3.8, 4) is 11.3 Å². The Balaban J connectivity index is 1.33. The lowest BCUT2D eigenvalue weighted by Crippen LogP contribution is -2.35. The lowest BCUT2D eigenvalue weighted by atomic mass is 10.0. The monoisotopic (exact) mass is 476 g/mol. The van der Waals surface area contributed by atoms with Crippen LogP contribution in [0.5, 0.6) is 0 Å². The van der Waals surface area contributed by atoms with E-state index >= 15 is 0 Å². The number of hydrogen-bond acceptors (Lipinski definition) is 6. The van der Waals surface area contributed by atoms with E-state index in [1.807, 2.05) is 41.8 Å². The Morgan fingerprint density at radius 2 is 1.76 bits per heavy atom. The molecule has 0 saturated heterocycles. The third-order valence-corrected chi connectivity index (χ3v) is 8.06. The number of nitrogens with one attached hydrogen (secondary N) is 1. The molecule has 0 radical (unpaired) electrons. The number of nitrogens with zero attached hydrogens (tertiary/aromatic N) is 3. The first-order chi connectivity index (χ1) is 16.0. The van der Waals surface area contributed by atoms with E-state index in [0.29, 0.717) is 17.2 Å². The number of anilines is 2. The van der Waals surface area contributed by atoms with Gasteiger partial charge >= 0.3 is 0 Å². The van der Waals surface area contributed by atoms with E-state index in [1.165, 1.54) is 39.9 Å². The van der Waals surface area contributed by atoms with Gasteiger partial charge in [0, 0.05) is 35.4 Å². The van der Waals surface area contributed by atoms with Crippen molar-refractivity contribution in [3.05, 3.63) is 89.6 Å². The second-order valence-corrected chi connectivity index (χ2v) is 10.3. The van der Waals surface area contributed by atoms with Crippen molar-refractivity contribution in [3.63, 3.8) is 0 Å². The van der Waals surface area contributed by atoms with Crippen molar-refractivity contribution >= 4 is 38.1 Å². The Labute approximate surface area is 195 Å². The number of thiazole rings is 1. The van der Waals surface area contributed by atoms with Crippen molar-refractivity contribution in [2.75, 3.05) is 16.2 Å². The normalized spacial score (nSPS) is 13.4. The summed E-state index contributed by atoms with van der Waals surface area (Å²) in [5.41, 5.74) is 3.77. The molecular formula is C24H20N4O3S2. The summed E-state index contributed by atoms with van der Waals surface area (Å²) in [5, 5.41) is 5.10. The third-order valence-electron chi connectivity index (χ3n) is 5.47. The number of rotatable bonds is 5. The van der Waals surface area contributed by atoms with Gasteiger partial charge in [0.2, 0.25) is 0 Å². The van der Waals surface area contributed by atoms with Crippen molar-refractivity contribution in [1.82, 2.24) is 9.97 Å². The van der Waals surface area contributed by atoms with Crippen LogP contribution in [0, 0.1) is 0 Å². The van der Waals surface area contributed by atoms with Gasteiger partial charge in [-0.25, -0.2) is 13.4 Å². The number of carbonyl (C=O) groups excluding carboxylic acids is 1.